The van der Waals surface area contributed by atoms with Crippen molar-refractivity contribution in [1.29, 1.82) is 0 Å². The van der Waals surface area contributed by atoms with E-state index in [1.165, 1.54) is 0 Å². The Kier molecular flexibility index (Phi) is 5.76. The van der Waals surface area contributed by atoms with Gasteiger partial charge in [-0.3, -0.25) is 9.59 Å². The molecule has 1 fully saturated rings. The van der Waals surface area contributed by atoms with Gasteiger partial charge in [-0.15, -0.1) is 0 Å². The molecule has 5 heteroatoms. The zero-order chi connectivity index (χ0) is 18.8. The molecule has 0 unspecified atom stereocenters. The maximum Gasteiger partial charge on any atom is 0.253 e. The van der Waals surface area contributed by atoms with Crippen LogP contribution in [0.5, 0.6) is 5.75 Å². The lowest BCUT2D eigenvalue weighted by atomic mass is 9.94. The third kappa shape index (κ3) is 4.74. The van der Waals surface area contributed by atoms with E-state index in [1.807, 2.05) is 69.5 Å². The fraction of sp³-hybridized carbons (Fsp3) is 0.600. The minimum Gasteiger partial charge on any atom is -0.491 e. The molecular formula is C20H30N2O3. The lowest BCUT2D eigenvalue weighted by molar-refractivity contribution is -0.140. The monoisotopic (exact) mass is 346 g/mol. The summed E-state index contributed by atoms with van der Waals surface area (Å²) in [6, 6.07) is 5.56. The first-order valence-corrected chi connectivity index (χ1v) is 8.95. The van der Waals surface area contributed by atoms with Gasteiger partial charge >= 0.3 is 0 Å². The number of amides is 2. The van der Waals surface area contributed by atoms with E-state index in [1.54, 1.807) is 0 Å². The fourth-order valence-corrected chi connectivity index (χ4v) is 2.94. The van der Waals surface area contributed by atoms with Crippen LogP contribution in [-0.2, 0) is 4.79 Å². The summed E-state index contributed by atoms with van der Waals surface area (Å²) in [6.07, 6.45) is 0.105. The summed E-state index contributed by atoms with van der Waals surface area (Å²) in [7, 11) is 0. The highest BCUT2D eigenvalue weighted by Crippen LogP contribution is 2.22. The van der Waals surface area contributed by atoms with E-state index < -0.39 is 0 Å². The zero-order valence-corrected chi connectivity index (χ0v) is 16.3. The highest BCUT2D eigenvalue weighted by Gasteiger charge is 2.31. The van der Waals surface area contributed by atoms with Gasteiger partial charge in [-0.05, 0) is 44.5 Å². The Morgan fingerprint density at radius 3 is 2.08 bits per heavy atom. The van der Waals surface area contributed by atoms with E-state index in [-0.39, 0.29) is 23.3 Å². The molecule has 1 aromatic rings. The van der Waals surface area contributed by atoms with Gasteiger partial charge < -0.3 is 14.5 Å². The molecule has 1 saturated heterocycles. The normalized spacial score (nSPS) is 15.5. The van der Waals surface area contributed by atoms with E-state index >= 15 is 0 Å². The van der Waals surface area contributed by atoms with Gasteiger partial charge in [-0.1, -0.05) is 20.8 Å². The summed E-state index contributed by atoms with van der Waals surface area (Å²) in [5, 5.41) is 0. The zero-order valence-electron chi connectivity index (χ0n) is 16.3. The van der Waals surface area contributed by atoms with Crippen molar-refractivity contribution in [2.45, 2.75) is 47.6 Å². The number of hydrogen-bond acceptors (Lipinski definition) is 3. The van der Waals surface area contributed by atoms with Gasteiger partial charge in [0.1, 0.15) is 5.75 Å². The molecule has 0 aliphatic carbocycles. The Labute approximate surface area is 150 Å². The number of nitrogens with zero attached hydrogens (tertiary/aromatic N) is 2. The number of benzene rings is 1. The van der Waals surface area contributed by atoms with Crippen molar-refractivity contribution in [3.63, 3.8) is 0 Å². The number of carbonyl (C=O) groups excluding carboxylic acids is 2. The predicted molar refractivity (Wildman–Crippen MR) is 98.9 cm³/mol. The summed E-state index contributed by atoms with van der Waals surface area (Å²) in [5.41, 5.74) is 1.25. The Morgan fingerprint density at radius 1 is 1.04 bits per heavy atom. The maximum atomic E-state index is 12.7. The van der Waals surface area contributed by atoms with E-state index in [0.717, 1.165) is 11.3 Å². The molecule has 0 spiro atoms. The molecule has 2 amide bonds. The molecule has 1 aliphatic heterocycles. The molecule has 138 valence electrons. The van der Waals surface area contributed by atoms with Gasteiger partial charge in [-0.2, -0.15) is 0 Å². The van der Waals surface area contributed by atoms with Gasteiger partial charge in [-0.25, -0.2) is 0 Å². The van der Waals surface area contributed by atoms with Crippen LogP contribution >= 0.6 is 0 Å². The first kappa shape index (κ1) is 19.3. The second-order valence-electron chi connectivity index (χ2n) is 7.98. The molecular weight excluding hydrogens is 316 g/mol. The average Bonchev–Trinajstić information content (AvgIpc) is 2.54. The molecule has 0 aromatic heterocycles. The highest BCUT2D eigenvalue weighted by molar-refractivity contribution is 5.95. The van der Waals surface area contributed by atoms with Crippen LogP contribution in [0.4, 0.5) is 0 Å². The molecule has 0 radical (unpaired) electrons. The van der Waals surface area contributed by atoms with Crippen LogP contribution < -0.4 is 4.74 Å². The van der Waals surface area contributed by atoms with Crippen LogP contribution in [-0.4, -0.2) is 53.9 Å². The number of hydrogen-bond donors (Lipinski definition) is 0. The van der Waals surface area contributed by atoms with Crippen molar-refractivity contribution in [2.75, 3.05) is 26.2 Å². The SMILES string of the molecule is Cc1cc(C(=O)N2CCN(C(=O)C(C)(C)C)CC2)ccc1OC(C)C. The molecule has 0 N–H and O–H groups in total. The van der Waals surface area contributed by atoms with Crippen molar-refractivity contribution in [3.05, 3.63) is 29.3 Å². The molecule has 0 bridgehead atoms. The van der Waals surface area contributed by atoms with Crippen LogP contribution in [0.2, 0.25) is 0 Å². The molecule has 25 heavy (non-hydrogen) atoms. The average molecular weight is 346 g/mol. The van der Waals surface area contributed by atoms with Crippen LogP contribution in [0, 0.1) is 12.3 Å². The highest BCUT2D eigenvalue weighted by atomic mass is 16.5. The number of aryl methyl sites for hydroxylation is 1. The predicted octanol–water partition coefficient (Wildman–Crippen LogP) is 3.11. The van der Waals surface area contributed by atoms with Gasteiger partial charge in [0.15, 0.2) is 0 Å². The first-order valence-electron chi connectivity index (χ1n) is 8.95. The van der Waals surface area contributed by atoms with Crippen LogP contribution in [0.15, 0.2) is 18.2 Å². The molecule has 2 rings (SSSR count). The smallest absolute Gasteiger partial charge is 0.253 e. The van der Waals surface area contributed by atoms with E-state index in [2.05, 4.69) is 0 Å². The second-order valence-corrected chi connectivity index (χ2v) is 7.98. The number of piperazine rings is 1. The van der Waals surface area contributed by atoms with E-state index in [9.17, 15) is 9.59 Å². The van der Waals surface area contributed by atoms with Gasteiger partial charge in [0, 0.05) is 37.2 Å². The van der Waals surface area contributed by atoms with Crippen LogP contribution in [0.25, 0.3) is 0 Å². The van der Waals surface area contributed by atoms with E-state index in [0.29, 0.717) is 31.7 Å². The molecule has 1 aromatic carbocycles. The third-order valence-electron chi connectivity index (χ3n) is 4.28. The van der Waals surface area contributed by atoms with Gasteiger partial charge in [0.2, 0.25) is 5.91 Å². The van der Waals surface area contributed by atoms with Gasteiger partial charge in [0.05, 0.1) is 6.10 Å². The van der Waals surface area contributed by atoms with Crippen molar-refractivity contribution in [2.24, 2.45) is 5.41 Å². The van der Waals surface area contributed by atoms with Crippen molar-refractivity contribution >= 4 is 11.8 Å². The molecule has 0 saturated carbocycles. The maximum absolute atomic E-state index is 12.7. The Hall–Kier alpha value is -2.04. The lowest BCUT2D eigenvalue weighted by Gasteiger charge is -2.37. The topological polar surface area (TPSA) is 49.9 Å². The minimum absolute atomic E-state index is 0.0158. The summed E-state index contributed by atoms with van der Waals surface area (Å²) < 4.78 is 5.73. The second kappa shape index (κ2) is 7.46. The molecule has 0 atom stereocenters. The largest absolute Gasteiger partial charge is 0.491 e. The Morgan fingerprint density at radius 2 is 1.60 bits per heavy atom. The van der Waals surface area contributed by atoms with Gasteiger partial charge in [0.25, 0.3) is 5.91 Å². The van der Waals surface area contributed by atoms with Crippen molar-refractivity contribution in [1.82, 2.24) is 9.80 Å². The number of ether oxygens (including phenoxy) is 1. The number of rotatable bonds is 3. The summed E-state index contributed by atoms with van der Waals surface area (Å²) in [4.78, 5) is 28.8. The fourth-order valence-electron chi connectivity index (χ4n) is 2.94. The molecule has 5 nitrogen and oxygen atoms in total. The number of carbonyl (C=O) groups is 2. The molecule has 1 aliphatic rings. The van der Waals surface area contributed by atoms with Crippen LogP contribution in [0.1, 0.15) is 50.5 Å². The minimum atomic E-state index is -0.379. The molecule has 1 heterocycles. The van der Waals surface area contributed by atoms with E-state index in [4.69, 9.17) is 4.74 Å². The summed E-state index contributed by atoms with van der Waals surface area (Å²) in [5.74, 6) is 0.972. The third-order valence-corrected chi connectivity index (χ3v) is 4.28. The quantitative estimate of drug-likeness (QED) is 0.845. The Bertz CT molecular complexity index is 639. The van der Waals surface area contributed by atoms with Crippen LogP contribution in [0.3, 0.4) is 0 Å². The van der Waals surface area contributed by atoms with Crippen molar-refractivity contribution in [3.8, 4) is 5.75 Å². The van der Waals surface area contributed by atoms with Crippen molar-refractivity contribution < 1.29 is 14.3 Å². The Balaban J connectivity index is 2.01. The first-order chi connectivity index (χ1) is 11.6. The summed E-state index contributed by atoms with van der Waals surface area (Å²) >= 11 is 0. The lowest BCUT2D eigenvalue weighted by Crippen LogP contribution is -2.53. The summed E-state index contributed by atoms with van der Waals surface area (Å²) in [6.45, 7) is 14.0. The standard InChI is InChI=1S/C20H30N2O3/c1-14(2)25-17-8-7-16(13-15(17)3)18(23)21-9-11-22(12-10-21)19(24)20(4,5)6/h7-8,13-14H,9-12H2,1-6H3.